The number of carbonyl (C=O) groups excluding carboxylic acids is 1. The molecule has 1 unspecified atom stereocenters. The second-order valence-electron chi connectivity index (χ2n) is 5.20. The average Bonchev–Trinajstić information content (AvgIpc) is 2.26. The van der Waals surface area contributed by atoms with Crippen LogP contribution in [0.25, 0.3) is 0 Å². The normalized spacial score (nSPS) is 12.9. The van der Waals surface area contributed by atoms with Gasteiger partial charge >= 0.3 is 6.09 Å². The maximum atomic E-state index is 12.2. The highest BCUT2D eigenvalue weighted by Crippen LogP contribution is 2.20. The molecule has 0 fully saturated rings. The molecule has 0 aliphatic rings. The molecule has 1 amide bonds. The number of carbonyl (C=O) groups is 1. The molecular formula is C13H19BrN2O3. The summed E-state index contributed by atoms with van der Waals surface area (Å²) in [6.07, 6.45) is -0.528. The van der Waals surface area contributed by atoms with Gasteiger partial charge in [0.1, 0.15) is 16.0 Å². The van der Waals surface area contributed by atoms with Crippen LogP contribution in [-0.2, 0) is 4.74 Å². The minimum atomic E-state index is -0.601. The summed E-state index contributed by atoms with van der Waals surface area (Å²) in [5.41, 5.74) is -0.601. The predicted octanol–water partition coefficient (Wildman–Crippen LogP) is 2.97. The van der Waals surface area contributed by atoms with E-state index in [-0.39, 0.29) is 6.61 Å². The van der Waals surface area contributed by atoms with E-state index >= 15 is 0 Å². The van der Waals surface area contributed by atoms with Crippen LogP contribution in [0.4, 0.5) is 10.6 Å². The number of anilines is 1. The average molecular weight is 331 g/mol. The second kappa shape index (κ2) is 6.34. The Morgan fingerprint density at radius 2 is 2.16 bits per heavy atom. The number of aromatic nitrogens is 1. The van der Waals surface area contributed by atoms with Gasteiger partial charge in [-0.05, 0) is 55.8 Å². The largest absolute Gasteiger partial charge is 0.443 e. The number of rotatable bonds is 3. The van der Waals surface area contributed by atoms with E-state index in [2.05, 4.69) is 20.9 Å². The number of pyridine rings is 1. The number of hydrogen-bond acceptors (Lipinski definition) is 4. The number of ether oxygens (including phenoxy) is 1. The molecule has 0 aliphatic carbocycles. The van der Waals surface area contributed by atoms with E-state index in [0.29, 0.717) is 10.4 Å². The Hall–Kier alpha value is -1.14. The van der Waals surface area contributed by atoms with Crippen molar-refractivity contribution in [1.82, 2.24) is 4.98 Å². The molecule has 0 spiro atoms. The molecule has 0 bridgehead atoms. The summed E-state index contributed by atoms with van der Waals surface area (Å²) in [7, 11) is 0. The zero-order valence-corrected chi connectivity index (χ0v) is 13.1. The first-order valence-corrected chi connectivity index (χ1v) is 6.79. The molecule has 19 heavy (non-hydrogen) atoms. The number of aliphatic hydroxyl groups is 1. The molecule has 5 nitrogen and oxygen atoms in total. The summed E-state index contributed by atoms with van der Waals surface area (Å²) >= 11 is 3.26. The van der Waals surface area contributed by atoms with Crippen molar-refractivity contribution in [1.29, 1.82) is 0 Å². The minimum Gasteiger partial charge on any atom is -0.443 e. The lowest BCUT2D eigenvalue weighted by Gasteiger charge is -2.30. The van der Waals surface area contributed by atoms with Crippen molar-refractivity contribution in [3.63, 3.8) is 0 Å². The molecule has 0 radical (unpaired) electrons. The van der Waals surface area contributed by atoms with Crippen LogP contribution >= 0.6 is 15.9 Å². The summed E-state index contributed by atoms with van der Waals surface area (Å²) in [6.45, 7) is 6.93. The van der Waals surface area contributed by atoms with Crippen LogP contribution in [0.3, 0.4) is 0 Å². The van der Waals surface area contributed by atoms with Gasteiger partial charge in [0.2, 0.25) is 0 Å². The Morgan fingerprint density at radius 1 is 1.53 bits per heavy atom. The lowest BCUT2D eigenvalue weighted by molar-refractivity contribution is 0.0553. The van der Waals surface area contributed by atoms with Crippen LogP contribution in [-0.4, -0.2) is 34.4 Å². The highest BCUT2D eigenvalue weighted by molar-refractivity contribution is 9.10. The number of nitrogens with zero attached hydrogens (tertiary/aromatic N) is 2. The van der Waals surface area contributed by atoms with E-state index in [0.717, 1.165) is 0 Å². The van der Waals surface area contributed by atoms with Crippen LogP contribution in [0, 0.1) is 0 Å². The van der Waals surface area contributed by atoms with E-state index in [1.54, 1.807) is 45.9 Å². The van der Waals surface area contributed by atoms with Crippen LogP contribution in [0.5, 0.6) is 0 Å². The van der Waals surface area contributed by atoms with Gasteiger partial charge in [-0.15, -0.1) is 0 Å². The maximum absolute atomic E-state index is 12.2. The first-order valence-electron chi connectivity index (χ1n) is 6.00. The van der Waals surface area contributed by atoms with E-state index in [9.17, 15) is 9.90 Å². The number of halogens is 1. The molecular weight excluding hydrogens is 312 g/mol. The molecule has 6 heteroatoms. The van der Waals surface area contributed by atoms with Gasteiger partial charge < -0.3 is 9.84 Å². The van der Waals surface area contributed by atoms with Gasteiger partial charge in [-0.25, -0.2) is 9.78 Å². The van der Waals surface area contributed by atoms with Gasteiger partial charge in [0, 0.05) is 0 Å². The third kappa shape index (κ3) is 4.80. The standard InChI is InChI=1S/C13H19BrN2O3/c1-9(8-17)16(12(18)19-13(2,3)4)11-7-5-6-10(14)15-11/h5-7,9,17H,8H2,1-4H3. The summed E-state index contributed by atoms with van der Waals surface area (Å²) in [5, 5.41) is 9.29. The van der Waals surface area contributed by atoms with Crippen molar-refractivity contribution < 1.29 is 14.6 Å². The van der Waals surface area contributed by atoms with Crippen LogP contribution in [0.2, 0.25) is 0 Å². The third-order valence-electron chi connectivity index (χ3n) is 2.24. The molecule has 0 aromatic carbocycles. The van der Waals surface area contributed by atoms with Crippen molar-refractivity contribution >= 4 is 27.8 Å². The fourth-order valence-corrected chi connectivity index (χ4v) is 1.76. The van der Waals surface area contributed by atoms with E-state index in [1.165, 1.54) is 4.90 Å². The zero-order chi connectivity index (χ0) is 14.6. The Bertz CT molecular complexity index is 446. The van der Waals surface area contributed by atoms with Gasteiger partial charge in [0.25, 0.3) is 0 Å². The lowest BCUT2D eigenvalue weighted by atomic mass is 10.2. The van der Waals surface area contributed by atoms with Gasteiger partial charge in [-0.3, -0.25) is 4.90 Å². The summed E-state index contributed by atoms with van der Waals surface area (Å²) < 4.78 is 5.95. The first kappa shape index (κ1) is 15.9. The molecule has 1 aromatic heterocycles. The van der Waals surface area contributed by atoms with Crippen LogP contribution in [0.1, 0.15) is 27.7 Å². The fourth-order valence-electron chi connectivity index (χ4n) is 1.42. The van der Waals surface area contributed by atoms with Crippen LogP contribution < -0.4 is 4.90 Å². The molecule has 106 valence electrons. The molecule has 0 saturated heterocycles. The van der Waals surface area contributed by atoms with E-state index in [4.69, 9.17) is 4.74 Å². The van der Waals surface area contributed by atoms with E-state index < -0.39 is 17.7 Å². The number of aliphatic hydroxyl groups excluding tert-OH is 1. The Balaban J connectivity index is 3.05. The zero-order valence-electron chi connectivity index (χ0n) is 11.6. The second-order valence-corrected chi connectivity index (χ2v) is 6.01. The summed E-state index contributed by atoms with van der Waals surface area (Å²) in [4.78, 5) is 17.8. The number of amides is 1. The van der Waals surface area contributed by atoms with Crippen molar-refractivity contribution in [2.45, 2.75) is 39.3 Å². The summed E-state index contributed by atoms with van der Waals surface area (Å²) in [6, 6.07) is 4.81. The van der Waals surface area contributed by atoms with E-state index in [1.807, 2.05) is 0 Å². The highest BCUT2D eigenvalue weighted by atomic mass is 79.9. The number of hydrogen-bond donors (Lipinski definition) is 1. The Labute approximate surface area is 121 Å². The third-order valence-corrected chi connectivity index (χ3v) is 2.68. The molecule has 1 N–H and O–H groups in total. The Kier molecular flexibility index (Phi) is 5.31. The minimum absolute atomic E-state index is 0.173. The van der Waals surface area contributed by atoms with Crippen LogP contribution in [0.15, 0.2) is 22.8 Å². The SMILES string of the molecule is CC(CO)N(C(=O)OC(C)(C)C)c1cccc(Br)n1. The van der Waals surface area contributed by atoms with Crippen molar-refractivity contribution in [2.24, 2.45) is 0 Å². The molecule has 0 aliphatic heterocycles. The molecule has 1 heterocycles. The van der Waals surface area contributed by atoms with Crippen molar-refractivity contribution in [2.75, 3.05) is 11.5 Å². The highest BCUT2D eigenvalue weighted by Gasteiger charge is 2.28. The molecule has 1 atom stereocenters. The van der Waals surface area contributed by atoms with Crippen molar-refractivity contribution in [3.05, 3.63) is 22.8 Å². The smallest absolute Gasteiger partial charge is 0.416 e. The lowest BCUT2D eigenvalue weighted by Crippen LogP contribution is -2.44. The first-order chi connectivity index (χ1) is 8.74. The predicted molar refractivity (Wildman–Crippen MR) is 77.2 cm³/mol. The van der Waals surface area contributed by atoms with Crippen molar-refractivity contribution in [3.8, 4) is 0 Å². The quantitative estimate of drug-likeness (QED) is 0.865. The van der Waals surface area contributed by atoms with Gasteiger partial charge in [0.15, 0.2) is 0 Å². The molecule has 1 aromatic rings. The van der Waals surface area contributed by atoms with Gasteiger partial charge in [-0.2, -0.15) is 0 Å². The van der Waals surface area contributed by atoms with Gasteiger partial charge in [-0.1, -0.05) is 6.07 Å². The van der Waals surface area contributed by atoms with Gasteiger partial charge in [0.05, 0.1) is 12.6 Å². The molecule has 1 rings (SSSR count). The summed E-state index contributed by atoms with van der Waals surface area (Å²) in [5.74, 6) is 0.435. The topological polar surface area (TPSA) is 62.7 Å². The maximum Gasteiger partial charge on any atom is 0.416 e. The molecule has 0 saturated carbocycles. The monoisotopic (exact) mass is 330 g/mol. The Morgan fingerprint density at radius 3 is 2.63 bits per heavy atom. The fraction of sp³-hybridized carbons (Fsp3) is 0.538.